The highest BCUT2D eigenvalue weighted by Crippen LogP contribution is 2.04. The van der Waals surface area contributed by atoms with Gasteiger partial charge in [0.15, 0.2) is 0 Å². The minimum absolute atomic E-state index is 0.910. The van der Waals surface area contributed by atoms with E-state index in [1.54, 1.807) is 6.26 Å². The van der Waals surface area contributed by atoms with Crippen LogP contribution in [0.5, 0.6) is 0 Å². The maximum absolute atomic E-state index is 5.02. The van der Waals surface area contributed by atoms with Gasteiger partial charge in [-0.15, -0.1) is 0 Å². The summed E-state index contributed by atoms with van der Waals surface area (Å²) in [5, 5.41) is 0. The van der Waals surface area contributed by atoms with Crippen molar-refractivity contribution in [1.82, 2.24) is 0 Å². The van der Waals surface area contributed by atoms with Crippen LogP contribution in [0.4, 0.5) is 0 Å². The van der Waals surface area contributed by atoms with Crippen molar-refractivity contribution in [2.75, 3.05) is 0 Å². The first-order chi connectivity index (χ1) is 3.93. The second kappa shape index (κ2) is 2.36. The first-order valence-corrected chi connectivity index (χ1v) is 2.59. The van der Waals surface area contributed by atoms with Crippen LogP contribution in [0.1, 0.15) is 6.92 Å². The maximum Gasteiger partial charge on any atom is 0.122 e. The van der Waals surface area contributed by atoms with Crippen LogP contribution in [0, 0.1) is 0 Å². The van der Waals surface area contributed by atoms with Gasteiger partial charge in [-0.25, -0.2) is 0 Å². The molecule has 1 heterocycles. The second-order valence-corrected chi connectivity index (χ2v) is 1.50. The summed E-state index contributed by atoms with van der Waals surface area (Å²) in [7, 11) is 0. The standard InChI is InChI=1S/C7H8O/c1-2-7-5-3-4-6-8-7/h2-6H,1H3. The Hall–Kier alpha value is -0.980. The fourth-order valence-electron chi connectivity index (χ4n) is 0.517. The first kappa shape index (κ1) is 5.16. The molecule has 0 bridgehead atoms. The van der Waals surface area contributed by atoms with Gasteiger partial charge in [-0.05, 0) is 25.2 Å². The summed E-state index contributed by atoms with van der Waals surface area (Å²) in [6.45, 7) is 1.94. The van der Waals surface area contributed by atoms with Crippen LogP contribution in [0.3, 0.4) is 0 Å². The van der Waals surface area contributed by atoms with Crippen LogP contribution in [-0.4, -0.2) is 0 Å². The normalized spacial score (nSPS) is 21.4. The average Bonchev–Trinajstić information content (AvgIpc) is 1.90. The molecule has 0 saturated carbocycles. The maximum atomic E-state index is 5.02. The van der Waals surface area contributed by atoms with Crippen LogP contribution >= 0.6 is 0 Å². The molecular formula is C7H8O. The predicted octanol–water partition coefficient (Wildman–Crippen LogP) is 1.99. The van der Waals surface area contributed by atoms with Crippen molar-refractivity contribution in [1.29, 1.82) is 0 Å². The third-order valence-electron chi connectivity index (χ3n) is 0.939. The molecule has 1 aliphatic heterocycles. The number of hydrogen-bond acceptors (Lipinski definition) is 1. The van der Waals surface area contributed by atoms with Crippen molar-refractivity contribution in [3.05, 3.63) is 36.3 Å². The summed E-state index contributed by atoms with van der Waals surface area (Å²) in [4.78, 5) is 0. The molecule has 1 heteroatoms. The SMILES string of the molecule is CC=C1C=CC=CO1. The minimum atomic E-state index is 0.910. The molecule has 0 unspecified atom stereocenters. The molecule has 0 aromatic rings. The molecule has 0 aromatic heterocycles. The van der Waals surface area contributed by atoms with Crippen molar-refractivity contribution in [2.45, 2.75) is 6.92 Å². The highest BCUT2D eigenvalue weighted by atomic mass is 16.5. The Morgan fingerprint density at radius 2 is 2.38 bits per heavy atom. The highest BCUT2D eigenvalue weighted by molar-refractivity contribution is 5.20. The number of hydrogen-bond donors (Lipinski definition) is 0. The van der Waals surface area contributed by atoms with Gasteiger partial charge in [0, 0.05) is 0 Å². The summed E-state index contributed by atoms with van der Waals surface area (Å²) in [5.74, 6) is 0.910. The highest BCUT2D eigenvalue weighted by Gasteiger charge is 1.88. The van der Waals surface area contributed by atoms with Crippen LogP contribution in [0.25, 0.3) is 0 Å². The van der Waals surface area contributed by atoms with E-state index < -0.39 is 0 Å². The molecule has 0 spiro atoms. The Balaban J connectivity index is 2.66. The van der Waals surface area contributed by atoms with Crippen molar-refractivity contribution < 1.29 is 4.74 Å². The van der Waals surface area contributed by atoms with E-state index in [9.17, 15) is 0 Å². The van der Waals surface area contributed by atoms with Crippen molar-refractivity contribution >= 4 is 0 Å². The molecule has 0 amide bonds. The van der Waals surface area contributed by atoms with Gasteiger partial charge in [-0.1, -0.05) is 6.08 Å². The summed E-state index contributed by atoms with van der Waals surface area (Å²) in [5.41, 5.74) is 0. The van der Waals surface area contributed by atoms with Gasteiger partial charge in [-0.3, -0.25) is 0 Å². The van der Waals surface area contributed by atoms with Gasteiger partial charge in [0.25, 0.3) is 0 Å². The topological polar surface area (TPSA) is 9.23 Å². The van der Waals surface area contributed by atoms with Gasteiger partial charge in [0.05, 0.1) is 6.26 Å². The summed E-state index contributed by atoms with van der Waals surface area (Å²) >= 11 is 0. The van der Waals surface area contributed by atoms with E-state index in [0.29, 0.717) is 0 Å². The van der Waals surface area contributed by atoms with E-state index in [4.69, 9.17) is 4.74 Å². The smallest absolute Gasteiger partial charge is 0.122 e. The van der Waals surface area contributed by atoms with Crippen LogP contribution in [-0.2, 0) is 4.74 Å². The largest absolute Gasteiger partial charge is 0.465 e. The Morgan fingerprint density at radius 1 is 1.50 bits per heavy atom. The van der Waals surface area contributed by atoms with E-state index in [1.165, 1.54) is 0 Å². The lowest BCUT2D eigenvalue weighted by atomic mass is 10.3. The van der Waals surface area contributed by atoms with E-state index in [2.05, 4.69) is 0 Å². The molecule has 0 radical (unpaired) electrons. The minimum Gasteiger partial charge on any atom is -0.465 e. The molecule has 1 rings (SSSR count). The summed E-state index contributed by atoms with van der Waals surface area (Å²) in [6.07, 6.45) is 9.29. The molecule has 1 aliphatic rings. The Kier molecular flexibility index (Phi) is 1.52. The van der Waals surface area contributed by atoms with Gasteiger partial charge >= 0.3 is 0 Å². The van der Waals surface area contributed by atoms with Gasteiger partial charge in [0.1, 0.15) is 5.76 Å². The molecular weight excluding hydrogens is 100 g/mol. The van der Waals surface area contributed by atoms with Crippen LogP contribution in [0.2, 0.25) is 0 Å². The zero-order valence-electron chi connectivity index (χ0n) is 4.79. The fourth-order valence-corrected chi connectivity index (χ4v) is 0.517. The summed E-state index contributed by atoms with van der Waals surface area (Å²) < 4.78 is 5.02. The molecule has 0 aliphatic carbocycles. The van der Waals surface area contributed by atoms with E-state index in [-0.39, 0.29) is 0 Å². The van der Waals surface area contributed by atoms with Gasteiger partial charge < -0.3 is 4.74 Å². The third-order valence-corrected chi connectivity index (χ3v) is 0.939. The van der Waals surface area contributed by atoms with E-state index >= 15 is 0 Å². The molecule has 0 fully saturated rings. The average molecular weight is 108 g/mol. The first-order valence-electron chi connectivity index (χ1n) is 2.59. The molecule has 0 aromatic carbocycles. The van der Waals surface area contributed by atoms with Crippen LogP contribution < -0.4 is 0 Å². The van der Waals surface area contributed by atoms with Gasteiger partial charge in [0.2, 0.25) is 0 Å². The predicted molar refractivity (Wildman–Crippen MR) is 33.1 cm³/mol. The van der Waals surface area contributed by atoms with E-state index in [1.807, 2.05) is 31.2 Å². The van der Waals surface area contributed by atoms with Crippen molar-refractivity contribution in [3.8, 4) is 0 Å². The van der Waals surface area contributed by atoms with Crippen LogP contribution in [0.15, 0.2) is 36.3 Å². The molecule has 8 heavy (non-hydrogen) atoms. The molecule has 0 atom stereocenters. The quantitative estimate of drug-likeness (QED) is 0.461. The zero-order chi connectivity index (χ0) is 5.82. The van der Waals surface area contributed by atoms with E-state index in [0.717, 1.165) is 5.76 Å². The Morgan fingerprint density at radius 3 is 2.75 bits per heavy atom. The van der Waals surface area contributed by atoms with Crippen molar-refractivity contribution in [3.63, 3.8) is 0 Å². The molecule has 0 saturated heterocycles. The number of allylic oxidation sites excluding steroid dienone is 4. The van der Waals surface area contributed by atoms with Crippen molar-refractivity contribution in [2.24, 2.45) is 0 Å². The lowest BCUT2D eigenvalue weighted by molar-refractivity contribution is 0.364. The number of rotatable bonds is 0. The lowest BCUT2D eigenvalue weighted by Crippen LogP contribution is -1.81. The molecule has 1 nitrogen and oxygen atoms in total. The zero-order valence-corrected chi connectivity index (χ0v) is 4.79. The molecule has 0 N–H and O–H groups in total. The fraction of sp³-hybridized carbons (Fsp3) is 0.143. The number of ether oxygens (including phenoxy) is 1. The summed E-state index contributed by atoms with van der Waals surface area (Å²) in [6, 6.07) is 0. The van der Waals surface area contributed by atoms with Gasteiger partial charge in [-0.2, -0.15) is 0 Å². The monoisotopic (exact) mass is 108 g/mol. The second-order valence-electron chi connectivity index (χ2n) is 1.50. The Labute approximate surface area is 49.0 Å². The Bertz CT molecular complexity index is 152. The lowest BCUT2D eigenvalue weighted by Gasteiger charge is -2.00. The molecule has 42 valence electrons. The third kappa shape index (κ3) is 0.997.